The Hall–Kier alpha value is -2.57. The van der Waals surface area contributed by atoms with Crippen LogP contribution >= 0.6 is 0 Å². The van der Waals surface area contributed by atoms with Gasteiger partial charge in [0.15, 0.2) is 5.96 Å². The molecule has 0 unspecified atom stereocenters. The third-order valence-electron chi connectivity index (χ3n) is 4.53. The summed E-state index contributed by atoms with van der Waals surface area (Å²) in [5.74, 6) is 0.780. The smallest absolute Gasteiger partial charge is 0.194 e. The quantitative estimate of drug-likeness (QED) is 0.655. The number of guanidine groups is 1. The third-order valence-corrected chi connectivity index (χ3v) is 4.53. The molecule has 0 radical (unpaired) electrons. The van der Waals surface area contributed by atoms with Crippen LogP contribution in [0.4, 0.5) is 10.1 Å². The summed E-state index contributed by atoms with van der Waals surface area (Å²) < 4.78 is 15.8. The van der Waals surface area contributed by atoms with Gasteiger partial charge in [0.05, 0.1) is 11.9 Å². The van der Waals surface area contributed by atoms with E-state index in [1.165, 1.54) is 11.6 Å². The van der Waals surface area contributed by atoms with Crippen LogP contribution in [-0.4, -0.2) is 59.9 Å². The molecule has 1 aliphatic heterocycles. The van der Waals surface area contributed by atoms with Crippen molar-refractivity contribution in [1.82, 2.24) is 20.0 Å². The zero-order valence-electron chi connectivity index (χ0n) is 15.5. The predicted octanol–water partition coefficient (Wildman–Crippen LogP) is 1.89. The summed E-state index contributed by atoms with van der Waals surface area (Å²) in [5.41, 5.74) is 1.88. The first-order valence-electron chi connectivity index (χ1n) is 9.17. The van der Waals surface area contributed by atoms with Crippen LogP contribution < -0.4 is 10.2 Å². The molecule has 0 atom stereocenters. The number of hydrogen-bond acceptors (Lipinski definition) is 3. The summed E-state index contributed by atoms with van der Waals surface area (Å²) in [6, 6.07) is 6.98. The van der Waals surface area contributed by atoms with Gasteiger partial charge in [0, 0.05) is 52.5 Å². The minimum absolute atomic E-state index is 0.155. The molecule has 3 rings (SSSR count). The highest BCUT2D eigenvalue weighted by molar-refractivity contribution is 5.80. The molecule has 0 saturated carbocycles. The monoisotopic (exact) mass is 358 g/mol. The normalized spacial score (nSPS) is 15.4. The van der Waals surface area contributed by atoms with Gasteiger partial charge < -0.3 is 15.1 Å². The lowest BCUT2D eigenvalue weighted by molar-refractivity contribution is 0.371. The van der Waals surface area contributed by atoms with Crippen molar-refractivity contribution in [2.24, 2.45) is 12.0 Å². The predicted molar refractivity (Wildman–Crippen MR) is 103 cm³/mol. The SMILES string of the molecule is CCNC(=NCCc1cnn(C)c1)N1CCN(c2ccccc2F)CC1. The fourth-order valence-electron chi connectivity index (χ4n) is 3.19. The minimum Gasteiger partial charge on any atom is -0.366 e. The van der Waals surface area contributed by atoms with Crippen molar-refractivity contribution in [3.63, 3.8) is 0 Å². The topological polar surface area (TPSA) is 48.7 Å². The van der Waals surface area contributed by atoms with Crippen LogP contribution in [0.25, 0.3) is 0 Å². The summed E-state index contributed by atoms with van der Waals surface area (Å²) in [7, 11) is 1.92. The molecule has 26 heavy (non-hydrogen) atoms. The van der Waals surface area contributed by atoms with E-state index in [-0.39, 0.29) is 5.82 Å². The molecule has 2 aromatic rings. The number of nitrogens with zero attached hydrogens (tertiary/aromatic N) is 5. The number of nitrogens with one attached hydrogen (secondary N) is 1. The molecular formula is C19H27FN6. The van der Waals surface area contributed by atoms with Gasteiger partial charge in [-0.15, -0.1) is 0 Å². The van der Waals surface area contributed by atoms with Crippen LogP contribution in [0.5, 0.6) is 0 Å². The lowest BCUT2D eigenvalue weighted by atomic mass is 10.2. The highest BCUT2D eigenvalue weighted by atomic mass is 19.1. The maximum Gasteiger partial charge on any atom is 0.194 e. The van der Waals surface area contributed by atoms with Crippen LogP contribution in [0, 0.1) is 5.82 Å². The summed E-state index contributed by atoms with van der Waals surface area (Å²) >= 11 is 0. The minimum atomic E-state index is -0.155. The molecule has 1 saturated heterocycles. The van der Waals surface area contributed by atoms with Crippen molar-refractivity contribution in [3.05, 3.63) is 48.0 Å². The van der Waals surface area contributed by atoms with Crippen molar-refractivity contribution in [3.8, 4) is 0 Å². The largest absolute Gasteiger partial charge is 0.366 e. The number of para-hydroxylation sites is 1. The second kappa shape index (κ2) is 8.69. The highest BCUT2D eigenvalue weighted by Crippen LogP contribution is 2.20. The van der Waals surface area contributed by atoms with Crippen molar-refractivity contribution in [2.45, 2.75) is 13.3 Å². The summed E-state index contributed by atoms with van der Waals surface area (Å²) in [6.45, 7) is 6.86. The molecule has 0 aliphatic carbocycles. The fraction of sp³-hybridized carbons (Fsp3) is 0.474. The molecule has 140 valence electrons. The van der Waals surface area contributed by atoms with Gasteiger partial charge in [0.1, 0.15) is 5.82 Å². The van der Waals surface area contributed by atoms with E-state index in [2.05, 4.69) is 27.1 Å². The van der Waals surface area contributed by atoms with Crippen LogP contribution in [0.3, 0.4) is 0 Å². The molecule has 1 fully saturated rings. The molecule has 0 amide bonds. The molecule has 7 heteroatoms. The molecule has 0 bridgehead atoms. The van der Waals surface area contributed by atoms with Gasteiger partial charge >= 0.3 is 0 Å². The van der Waals surface area contributed by atoms with Crippen LogP contribution in [-0.2, 0) is 13.5 Å². The molecule has 6 nitrogen and oxygen atoms in total. The first-order valence-corrected chi connectivity index (χ1v) is 9.17. The van der Waals surface area contributed by atoms with Crippen LogP contribution in [0.15, 0.2) is 41.7 Å². The Morgan fingerprint density at radius 3 is 2.65 bits per heavy atom. The van der Waals surface area contributed by atoms with Gasteiger partial charge in [-0.25, -0.2) is 4.39 Å². The Balaban J connectivity index is 1.57. The number of aryl methyl sites for hydroxylation is 1. The number of halogens is 1. The zero-order chi connectivity index (χ0) is 18.4. The van der Waals surface area contributed by atoms with Crippen molar-refractivity contribution < 1.29 is 4.39 Å². The lowest BCUT2D eigenvalue weighted by Crippen LogP contribution is -2.52. The van der Waals surface area contributed by atoms with E-state index in [1.54, 1.807) is 6.07 Å². The van der Waals surface area contributed by atoms with E-state index >= 15 is 0 Å². The Labute approximate surface area is 154 Å². The first-order chi connectivity index (χ1) is 12.7. The highest BCUT2D eigenvalue weighted by Gasteiger charge is 2.21. The average molecular weight is 358 g/mol. The number of benzene rings is 1. The first kappa shape index (κ1) is 18.2. The number of aliphatic imine (C=N–C) groups is 1. The van der Waals surface area contributed by atoms with E-state index in [0.29, 0.717) is 5.69 Å². The van der Waals surface area contributed by atoms with Gasteiger partial charge in [0.25, 0.3) is 0 Å². The second-order valence-electron chi connectivity index (χ2n) is 6.43. The number of anilines is 1. The molecule has 1 aromatic heterocycles. The summed E-state index contributed by atoms with van der Waals surface area (Å²) in [5, 5.41) is 7.56. The van der Waals surface area contributed by atoms with Gasteiger partial charge in [-0.3, -0.25) is 9.67 Å². The Morgan fingerprint density at radius 2 is 2.00 bits per heavy atom. The summed E-state index contributed by atoms with van der Waals surface area (Å²) in [6.07, 6.45) is 4.78. The van der Waals surface area contributed by atoms with E-state index in [9.17, 15) is 4.39 Å². The molecule has 1 N–H and O–H groups in total. The van der Waals surface area contributed by atoms with E-state index < -0.39 is 0 Å². The van der Waals surface area contributed by atoms with Gasteiger partial charge in [-0.1, -0.05) is 12.1 Å². The molecule has 2 heterocycles. The van der Waals surface area contributed by atoms with Crippen molar-refractivity contribution in [2.75, 3.05) is 44.2 Å². The van der Waals surface area contributed by atoms with Crippen molar-refractivity contribution in [1.29, 1.82) is 0 Å². The number of hydrogen-bond donors (Lipinski definition) is 1. The van der Waals surface area contributed by atoms with Crippen LogP contribution in [0.1, 0.15) is 12.5 Å². The Kier molecular flexibility index (Phi) is 6.09. The van der Waals surface area contributed by atoms with Crippen LogP contribution in [0.2, 0.25) is 0 Å². The molecule has 0 spiro atoms. The fourth-order valence-corrected chi connectivity index (χ4v) is 3.19. The average Bonchev–Trinajstić information content (AvgIpc) is 3.07. The van der Waals surface area contributed by atoms with Gasteiger partial charge in [0.2, 0.25) is 0 Å². The molecule has 1 aromatic carbocycles. The maximum absolute atomic E-state index is 14.0. The maximum atomic E-state index is 14.0. The lowest BCUT2D eigenvalue weighted by Gasteiger charge is -2.37. The standard InChI is InChI=1S/C19H27FN6/c1-3-21-19(22-9-8-16-14-23-24(2)15-16)26-12-10-25(11-13-26)18-7-5-4-6-17(18)20/h4-7,14-15H,3,8-13H2,1-2H3,(H,21,22). The van der Waals surface area contributed by atoms with Gasteiger partial charge in [-0.05, 0) is 31.0 Å². The molecule has 1 aliphatic rings. The third kappa shape index (κ3) is 4.53. The zero-order valence-corrected chi connectivity index (χ0v) is 15.5. The van der Waals surface area contributed by atoms with Gasteiger partial charge in [-0.2, -0.15) is 5.10 Å². The van der Waals surface area contributed by atoms with Crippen molar-refractivity contribution >= 4 is 11.6 Å². The number of rotatable bonds is 5. The summed E-state index contributed by atoms with van der Waals surface area (Å²) in [4.78, 5) is 9.12. The van der Waals surface area contributed by atoms with E-state index in [4.69, 9.17) is 4.99 Å². The number of aromatic nitrogens is 2. The van der Waals surface area contributed by atoms with E-state index in [1.807, 2.05) is 36.3 Å². The molecular weight excluding hydrogens is 331 g/mol. The second-order valence-corrected chi connectivity index (χ2v) is 6.43. The Morgan fingerprint density at radius 1 is 1.23 bits per heavy atom. The Bertz CT molecular complexity index is 733. The van der Waals surface area contributed by atoms with E-state index in [0.717, 1.165) is 51.6 Å². The number of piperazine rings is 1.